The SMILES string of the molecule is C=CCCCC(C)NC(=O)N1CCC(CO)CC1. The summed E-state index contributed by atoms with van der Waals surface area (Å²) in [5.74, 6) is 0.374. The predicted octanol–water partition coefficient (Wildman–Crippen LogP) is 2.15. The summed E-state index contributed by atoms with van der Waals surface area (Å²) in [6.45, 7) is 7.50. The van der Waals surface area contributed by atoms with E-state index in [1.165, 1.54) is 0 Å². The van der Waals surface area contributed by atoms with Crippen molar-refractivity contribution in [3.05, 3.63) is 12.7 Å². The Morgan fingerprint density at radius 2 is 2.22 bits per heavy atom. The number of allylic oxidation sites excluding steroid dienone is 1. The molecule has 0 aromatic rings. The zero-order valence-electron chi connectivity index (χ0n) is 11.4. The van der Waals surface area contributed by atoms with Gasteiger partial charge in [-0.2, -0.15) is 0 Å². The van der Waals surface area contributed by atoms with Crippen LogP contribution in [0.2, 0.25) is 0 Å². The third-order valence-electron chi connectivity index (χ3n) is 3.58. The van der Waals surface area contributed by atoms with Crippen LogP contribution in [-0.2, 0) is 0 Å². The van der Waals surface area contributed by atoms with E-state index in [4.69, 9.17) is 5.11 Å². The van der Waals surface area contributed by atoms with Gasteiger partial charge in [-0.05, 0) is 44.9 Å². The Morgan fingerprint density at radius 3 is 2.78 bits per heavy atom. The molecular weight excluding hydrogens is 228 g/mol. The van der Waals surface area contributed by atoms with Crippen LogP contribution in [0.5, 0.6) is 0 Å². The summed E-state index contributed by atoms with van der Waals surface area (Å²) in [7, 11) is 0. The van der Waals surface area contributed by atoms with Crippen LogP contribution in [0.15, 0.2) is 12.7 Å². The Bertz CT molecular complexity index is 261. The normalized spacial score (nSPS) is 18.4. The van der Waals surface area contributed by atoms with Gasteiger partial charge in [0.25, 0.3) is 0 Å². The molecule has 1 fully saturated rings. The smallest absolute Gasteiger partial charge is 0.317 e. The number of hydrogen-bond donors (Lipinski definition) is 2. The number of carbonyl (C=O) groups is 1. The molecule has 0 bridgehead atoms. The van der Waals surface area contributed by atoms with E-state index in [0.717, 1.165) is 45.2 Å². The van der Waals surface area contributed by atoms with Crippen molar-refractivity contribution in [1.82, 2.24) is 10.2 Å². The number of nitrogens with one attached hydrogen (secondary N) is 1. The van der Waals surface area contributed by atoms with Crippen molar-refractivity contribution in [2.24, 2.45) is 5.92 Å². The van der Waals surface area contributed by atoms with Crippen molar-refractivity contribution < 1.29 is 9.90 Å². The first kappa shape index (κ1) is 15.0. The van der Waals surface area contributed by atoms with E-state index in [1.807, 2.05) is 17.9 Å². The molecule has 1 aliphatic rings. The van der Waals surface area contributed by atoms with Gasteiger partial charge in [0, 0.05) is 25.7 Å². The average Bonchev–Trinajstić information content (AvgIpc) is 2.39. The van der Waals surface area contributed by atoms with Gasteiger partial charge in [0.2, 0.25) is 0 Å². The Kier molecular flexibility index (Phi) is 6.80. The number of urea groups is 1. The quantitative estimate of drug-likeness (QED) is 0.563. The molecule has 1 atom stereocenters. The van der Waals surface area contributed by atoms with E-state index in [-0.39, 0.29) is 18.7 Å². The second-order valence-corrected chi connectivity index (χ2v) is 5.18. The van der Waals surface area contributed by atoms with Crippen molar-refractivity contribution in [3.8, 4) is 0 Å². The monoisotopic (exact) mass is 254 g/mol. The minimum atomic E-state index is 0.0393. The van der Waals surface area contributed by atoms with Gasteiger partial charge < -0.3 is 15.3 Å². The average molecular weight is 254 g/mol. The van der Waals surface area contributed by atoms with Gasteiger partial charge in [-0.1, -0.05) is 6.08 Å². The number of aliphatic hydroxyl groups is 1. The second kappa shape index (κ2) is 8.14. The lowest BCUT2D eigenvalue weighted by Gasteiger charge is -2.32. The highest BCUT2D eigenvalue weighted by Crippen LogP contribution is 2.16. The van der Waals surface area contributed by atoms with Gasteiger partial charge in [0.05, 0.1) is 0 Å². The van der Waals surface area contributed by atoms with E-state index in [1.54, 1.807) is 0 Å². The lowest BCUT2D eigenvalue weighted by Crippen LogP contribution is -2.47. The summed E-state index contributed by atoms with van der Waals surface area (Å²) >= 11 is 0. The molecule has 104 valence electrons. The molecule has 1 unspecified atom stereocenters. The van der Waals surface area contributed by atoms with E-state index in [9.17, 15) is 4.79 Å². The molecular formula is C14H26N2O2. The molecule has 1 aliphatic heterocycles. The molecule has 0 aromatic heterocycles. The van der Waals surface area contributed by atoms with E-state index < -0.39 is 0 Å². The number of amides is 2. The molecule has 1 heterocycles. The lowest BCUT2D eigenvalue weighted by molar-refractivity contribution is 0.135. The first-order valence-corrected chi connectivity index (χ1v) is 6.94. The number of likely N-dealkylation sites (tertiary alicyclic amines) is 1. The molecule has 1 saturated heterocycles. The molecule has 2 N–H and O–H groups in total. The van der Waals surface area contributed by atoms with Crippen LogP contribution in [0.4, 0.5) is 4.79 Å². The van der Waals surface area contributed by atoms with E-state index in [0.29, 0.717) is 5.92 Å². The van der Waals surface area contributed by atoms with Crippen molar-refractivity contribution in [2.75, 3.05) is 19.7 Å². The van der Waals surface area contributed by atoms with Crippen molar-refractivity contribution >= 4 is 6.03 Å². The Balaban J connectivity index is 2.22. The molecule has 1 rings (SSSR count). The molecule has 0 aromatic carbocycles. The zero-order chi connectivity index (χ0) is 13.4. The van der Waals surface area contributed by atoms with Gasteiger partial charge in [-0.15, -0.1) is 6.58 Å². The summed E-state index contributed by atoms with van der Waals surface area (Å²) in [5, 5.41) is 12.1. The van der Waals surface area contributed by atoms with Gasteiger partial charge in [-0.25, -0.2) is 4.79 Å². The van der Waals surface area contributed by atoms with Crippen LogP contribution in [0.1, 0.15) is 39.0 Å². The summed E-state index contributed by atoms with van der Waals surface area (Å²) in [5.41, 5.74) is 0. The van der Waals surface area contributed by atoms with Crippen molar-refractivity contribution in [1.29, 1.82) is 0 Å². The molecule has 4 nitrogen and oxygen atoms in total. The fourth-order valence-corrected chi connectivity index (χ4v) is 2.26. The number of piperidine rings is 1. The lowest BCUT2D eigenvalue weighted by atomic mass is 9.98. The summed E-state index contributed by atoms with van der Waals surface area (Å²) in [6.07, 6.45) is 6.79. The summed E-state index contributed by atoms with van der Waals surface area (Å²) in [4.78, 5) is 13.8. The number of nitrogens with zero attached hydrogens (tertiary/aromatic N) is 1. The molecule has 0 radical (unpaired) electrons. The fourth-order valence-electron chi connectivity index (χ4n) is 2.26. The van der Waals surface area contributed by atoms with Crippen LogP contribution in [0.3, 0.4) is 0 Å². The minimum Gasteiger partial charge on any atom is -0.396 e. The van der Waals surface area contributed by atoms with Gasteiger partial charge in [-0.3, -0.25) is 0 Å². The topological polar surface area (TPSA) is 52.6 Å². The van der Waals surface area contributed by atoms with Gasteiger partial charge >= 0.3 is 6.03 Å². The van der Waals surface area contributed by atoms with Gasteiger partial charge in [0.1, 0.15) is 0 Å². The van der Waals surface area contributed by atoms with E-state index in [2.05, 4.69) is 11.9 Å². The molecule has 0 spiro atoms. The fraction of sp³-hybridized carbons (Fsp3) is 0.786. The third-order valence-corrected chi connectivity index (χ3v) is 3.58. The second-order valence-electron chi connectivity index (χ2n) is 5.18. The number of aliphatic hydroxyl groups excluding tert-OH is 1. The minimum absolute atomic E-state index is 0.0393. The predicted molar refractivity (Wildman–Crippen MR) is 73.4 cm³/mol. The number of hydrogen-bond acceptors (Lipinski definition) is 2. The maximum absolute atomic E-state index is 12.0. The Morgan fingerprint density at radius 1 is 1.56 bits per heavy atom. The van der Waals surface area contributed by atoms with Crippen molar-refractivity contribution in [3.63, 3.8) is 0 Å². The Hall–Kier alpha value is -1.03. The third kappa shape index (κ3) is 5.08. The summed E-state index contributed by atoms with van der Waals surface area (Å²) < 4.78 is 0. The number of unbranched alkanes of at least 4 members (excludes halogenated alkanes) is 1. The maximum Gasteiger partial charge on any atom is 0.317 e. The molecule has 18 heavy (non-hydrogen) atoms. The van der Waals surface area contributed by atoms with Crippen LogP contribution >= 0.6 is 0 Å². The first-order chi connectivity index (χ1) is 8.67. The highest BCUT2D eigenvalue weighted by molar-refractivity contribution is 5.74. The van der Waals surface area contributed by atoms with Gasteiger partial charge in [0.15, 0.2) is 0 Å². The largest absolute Gasteiger partial charge is 0.396 e. The number of carbonyl (C=O) groups excluding carboxylic acids is 1. The molecule has 0 saturated carbocycles. The highest BCUT2D eigenvalue weighted by atomic mass is 16.3. The summed E-state index contributed by atoms with van der Waals surface area (Å²) in [6, 6.07) is 0.255. The standard InChI is InChI=1S/C14H26N2O2/c1-3-4-5-6-12(2)15-14(18)16-9-7-13(11-17)8-10-16/h3,12-13,17H,1,4-11H2,2H3,(H,15,18). The van der Waals surface area contributed by atoms with Crippen molar-refractivity contribution in [2.45, 2.75) is 45.1 Å². The first-order valence-electron chi connectivity index (χ1n) is 6.94. The van der Waals surface area contributed by atoms with Crippen LogP contribution in [-0.4, -0.2) is 41.8 Å². The highest BCUT2D eigenvalue weighted by Gasteiger charge is 2.22. The van der Waals surface area contributed by atoms with Crippen LogP contribution in [0.25, 0.3) is 0 Å². The molecule has 0 aliphatic carbocycles. The molecule has 4 heteroatoms. The maximum atomic E-state index is 12.0. The zero-order valence-corrected chi connectivity index (χ0v) is 11.4. The number of rotatable bonds is 6. The Labute approximate surface area is 110 Å². The van der Waals surface area contributed by atoms with Crippen LogP contribution < -0.4 is 5.32 Å². The van der Waals surface area contributed by atoms with Crippen LogP contribution in [0, 0.1) is 5.92 Å². The van der Waals surface area contributed by atoms with E-state index >= 15 is 0 Å². The molecule has 2 amide bonds.